The second-order valence-electron chi connectivity index (χ2n) is 7.69. The third kappa shape index (κ3) is 3.35. The first-order valence-electron chi connectivity index (χ1n) is 10.1. The summed E-state index contributed by atoms with van der Waals surface area (Å²) in [6.45, 7) is 3.72. The Morgan fingerprint density at radius 3 is 2.97 bits per heavy atom. The zero-order valence-corrected chi connectivity index (χ0v) is 17.1. The first kappa shape index (κ1) is 18.5. The van der Waals surface area contributed by atoms with Crippen LogP contribution < -0.4 is 5.32 Å². The van der Waals surface area contributed by atoms with Gasteiger partial charge in [0.05, 0.1) is 22.6 Å². The molecule has 30 heavy (non-hydrogen) atoms. The number of amides is 1. The minimum Gasteiger partial charge on any atom is -0.313 e. The Balaban J connectivity index is 1.54. The number of hydrogen-bond acceptors (Lipinski definition) is 4. The van der Waals surface area contributed by atoms with Crippen molar-refractivity contribution < 1.29 is 4.79 Å². The van der Waals surface area contributed by atoms with Gasteiger partial charge in [-0.3, -0.25) is 14.4 Å². The van der Waals surface area contributed by atoms with Crippen molar-refractivity contribution in [1.29, 1.82) is 0 Å². The molecule has 0 saturated carbocycles. The molecular weight excluding hydrogens is 374 g/mol. The first-order chi connectivity index (χ1) is 14.6. The van der Waals surface area contributed by atoms with Crippen LogP contribution in [0.25, 0.3) is 16.5 Å². The van der Waals surface area contributed by atoms with Gasteiger partial charge in [-0.15, -0.1) is 0 Å². The van der Waals surface area contributed by atoms with E-state index in [1.54, 1.807) is 15.7 Å². The number of nitrogens with zero attached hydrogens (tertiary/aromatic N) is 4. The van der Waals surface area contributed by atoms with Gasteiger partial charge < -0.3 is 5.32 Å². The van der Waals surface area contributed by atoms with Crippen molar-refractivity contribution in [3.8, 4) is 0 Å². The van der Waals surface area contributed by atoms with Crippen LogP contribution in [0, 0.1) is 0 Å². The third-order valence-electron chi connectivity index (χ3n) is 5.56. The number of allylic oxidation sites excluding steroid dienone is 6. The Hall–Kier alpha value is -3.51. The molecule has 0 saturated heterocycles. The van der Waals surface area contributed by atoms with Crippen LogP contribution in [-0.2, 0) is 11.8 Å². The number of benzene rings is 1. The Morgan fingerprint density at radius 2 is 2.13 bits per heavy atom. The number of aliphatic imine (C=N–C) groups is 1. The molecule has 0 atom stereocenters. The first-order valence-corrected chi connectivity index (χ1v) is 10.1. The second kappa shape index (κ2) is 7.39. The number of fused-ring (bicyclic) bond motifs is 2. The van der Waals surface area contributed by atoms with Gasteiger partial charge in [-0.25, -0.2) is 4.99 Å². The van der Waals surface area contributed by atoms with Crippen LogP contribution >= 0.6 is 0 Å². The quantitative estimate of drug-likeness (QED) is 0.844. The molecule has 1 aromatic heterocycles. The van der Waals surface area contributed by atoms with Crippen LogP contribution in [0.5, 0.6) is 0 Å². The summed E-state index contributed by atoms with van der Waals surface area (Å²) in [7, 11) is 1.91. The van der Waals surface area contributed by atoms with Crippen LogP contribution in [0.15, 0.2) is 82.9 Å². The molecule has 3 aliphatic rings. The molecule has 6 nitrogen and oxygen atoms in total. The standard InChI is InChI=1S/C24H23N5O/c1-16-23-5-3-4-18(19-6-7-21-20(12-19)14-28(2)27-21)13-24(30)29(23)15-22(26-16)17-8-10-25-11-9-17/h3-8,12-15,25H,9-11H2,1-2H3/b4-3+,18-13+,23-5+. The lowest BCUT2D eigenvalue weighted by Crippen LogP contribution is -2.31. The molecule has 0 spiro atoms. The molecule has 0 unspecified atom stereocenters. The van der Waals surface area contributed by atoms with Crippen molar-refractivity contribution in [2.75, 3.05) is 13.1 Å². The van der Waals surface area contributed by atoms with Crippen LogP contribution in [0.3, 0.4) is 0 Å². The fourth-order valence-electron chi connectivity index (χ4n) is 4.03. The maximum absolute atomic E-state index is 13.3. The van der Waals surface area contributed by atoms with E-state index in [2.05, 4.69) is 22.6 Å². The van der Waals surface area contributed by atoms with Crippen LogP contribution in [0.4, 0.5) is 0 Å². The maximum Gasteiger partial charge on any atom is 0.255 e. The lowest BCUT2D eigenvalue weighted by Gasteiger charge is -2.28. The summed E-state index contributed by atoms with van der Waals surface area (Å²) in [5.74, 6) is -0.0758. The average molecular weight is 397 g/mol. The van der Waals surface area contributed by atoms with Gasteiger partial charge >= 0.3 is 0 Å². The highest BCUT2D eigenvalue weighted by Crippen LogP contribution is 2.28. The minimum atomic E-state index is -0.0758. The molecule has 0 fully saturated rings. The Bertz CT molecular complexity index is 1240. The number of hydrogen-bond donors (Lipinski definition) is 1. The van der Waals surface area contributed by atoms with E-state index in [9.17, 15) is 4.79 Å². The van der Waals surface area contributed by atoms with Crippen molar-refractivity contribution in [3.05, 3.63) is 83.5 Å². The normalized spacial score (nSPS) is 23.9. The van der Waals surface area contributed by atoms with Gasteiger partial charge in [0.1, 0.15) is 0 Å². The number of aromatic nitrogens is 2. The second-order valence-corrected chi connectivity index (χ2v) is 7.69. The molecule has 1 aromatic carbocycles. The highest BCUT2D eigenvalue weighted by molar-refractivity contribution is 6.08. The molecule has 0 aliphatic carbocycles. The SMILES string of the molecule is CC1=NC(C2=CCNCC2)=CN2C(=O)\C=C(c3ccc4nn(C)cc4c3)/C=C/C=C\12. The molecule has 0 radical (unpaired) electrons. The highest BCUT2D eigenvalue weighted by Gasteiger charge is 2.24. The summed E-state index contributed by atoms with van der Waals surface area (Å²) in [6.07, 6.45) is 14.5. The predicted molar refractivity (Wildman–Crippen MR) is 120 cm³/mol. The van der Waals surface area contributed by atoms with Gasteiger partial charge in [-0.05, 0) is 54.8 Å². The van der Waals surface area contributed by atoms with Crippen molar-refractivity contribution in [2.24, 2.45) is 12.0 Å². The smallest absolute Gasteiger partial charge is 0.255 e. The van der Waals surface area contributed by atoms with Gasteiger partial charge in [0.15, 0.2) is 0 Å². The zero-order valence-electron chi connectivity index (χ0n) is 17.1. The van der Waals surface area contributed by atoms with E-state index in [4.69, 9.17) is 4.99 Å². The fraction of sp³-hybridized carbons (Fsp3) is 0.208. The summed E-state index contributed by atoms with van der Waals surface area (Å²) in [4.78, 5) is 19.7. The number of rotatable bonds is 2. The molecule has 0 bridgehead atoms. The lowest BCUT2D eigenvalue weighted by molar-refractivity contribution is -0.121. The van der Waals surface area contributed by atoms with Gasteiger partial charge in [0, 0.05) is 37.5 Å². The Labute approximate surface area is 175 Å². The highest BCUT2D eigenvalue weighted by atomic mass is 16.2. The van der Waals surface area contributed by atoms with E-state index in [1.807, 2.05) is 56.7 Å². The van der Waals surface area contributed by atoms with Crippen LogP contribution in [-0.4, -0.2) is 39.4 Å². The Kier molecular flexibility index (Phi) is 4.56. The van der Waals surface area contributed by atoms with Crippen molar-refractivity contribution in [1.82, 2.24) is 20.0 Å². The lowest BCUT2D eigenvalue weighted by atomic mass is 10.0. The number of carbonyl (C=O) groups excluding carboxylic acids is 1. The van der Waals surface area contributed by atoms with Gasteiger partial charge in [-0.1, -0.05) is 24.3 Å². The summed E-state index contributed by atoms with van der Waals surface area (Å²) >= 11 is 0. The molecule has 2 aromatic rings. The largest absolute Gasteiger partial charge is 0.313 e. The Morgan fingerprint density at radius 1 is 1.23 bits per heavy atom. The van der Waals surface area contributed by atoms with E-state index in [-0.39, 0.29) is 5.91 Å². The third-order valence-corrected chi connectivity index (χ3v) is 5.56. The molecule has 150 valence electrons. The van der Waals surface area contributed by atoms with E-state index >= 15 is 0 Å². The van der Waals surface area contributed by atoms with E-state index < -0.39 is 0 Å². The monoisotopic (exact) mass is 397 g/mol. The molecule has 1 N–H and O–H groups in total. The minimum absolute atomic E-state index is 0.0758. The number of carbonyl (C=O) groups is 1. The van der Waals surface area contributed by atoms with Crippen LogP contribution in [0.1, 0.15) is 18.9 Å². The van der Waals surface area contributed by atoms with Gasteiger partial charge in [0.25, 0.3) is 5.91 Å². The maximum atomic E-state index is 13.3. The summed E-state index contributed by atoms with van der Waals surface area (Å²) < 4.78 is 1.80. The van der Waals surface area contributed by atoms with Gasteiger partial charge in [-0.2, -0.15) is 5.10 Å². The summed E-state index contributed by atoms with van der Waals surface area (Å²) in [5.41, 5.74) is 6.52. The molecule has 3 aliphatic heterocycles. The average Bonchev–Trinajstić information content (AvgIpc) is 3.12. The molecule has 4 heterocycles. The number of nitrogens with one attached hydrogen (secondary N) is 1. The molecular formula is C24H23N5O. The van der Waals surface area contributed by atoms with E-state index in [0.717, 1.165) is 58.7 Å². The van der Waals surface area contributed by atoms with E-state index in [0.29, 0.717) is 0 Å². The molecule has 5 rings (SSSR count). The van der Waals surface area contributed by atoms with E-state index in [1.165, 1.54) is 5.57 Å². The zero-order chi connectivity index (χ0) is 20.7. The predicted octanol–water partition coefficient (Wildman–Crippen LogP) is 3.47. The fourth-order valence-corrected chi connectivity index (χ4v) is 4.03. The van der Waals surface area contributed by atoms with Crippen LogP contribution in [0.2, 0.25) is 0 Å². The molecule has 6 heteroatoms. The van der Waals surface area contributed by atoms with Crippen molar-refractivity contribution >= 4 is 28.1 Å². The summed E-state index contributed by atoms with van der Waals surface area (Å²) in [5, 5.41) is 8.80. The number of aryl methyl sites for hydroxylation is 1. The van der Waals surface area contributed by atoms with Crippen molar-refractivity contribution in [2.45, 2.75) is 13.3 Å². The topological polar surface area (TPSA) is 62.5 Å². The van der Waals surface area contributed by atoms with Crippen molar-refractivity contribution in [3.63, 3.8) is 0 Å². The molecule has 1 amide bonds. The van der Waals surface area contributed by atoms with Gasteiger partial charge in [0.2, 0.25) is 0 Å². The summed E-state index contributed by atoms with van der Waals surface area (Å²) in [6, 6.07) is 6.07.